The Morgan fingerprint density at radius 3 is 2.75 bits per heavy atom. The average Bonchev–Trinajstić information content (AvgIpc) is 2.82. The number of piperazine rings is 1. The topological polar surface area (TPSA) is 44.5 Å². The van der Waals surface area contributed by atoms with E-state index in [9.17, 15) is 0 Å². The zero-order valence-corrected chi connectivity index (χ0v) is 10.5. The lowest BCUT2D eigenvalue weighted by atomic mass is 10.1. The normalized spacial score (nSPS) is 21.1. The maximum atomic E-state index is 5.81. The van der Waals surface area contributed by atoms with Crippen molar-refractivity contribution in [3.05, 3.63) is 22.4 Å². The molecular formula is C11H20N4S. The van der Waals surface area contributed by atoms with Crippen molar-refractivity contribution >= 4 is 11.3 Å². The van der Waals surface area contributed by atoms with E-state index >= 15 is 0 Å². The fraction of sp³-hybridized carbons (Fsp3) is 0.636. The van der Waals surface area contributed by atoms with Crippen LogP contribution < -0.4 is 11.2 Å². The van der Waals surface area contributed by atoms with Crippen LogP contribution in [0.25, 0.3) is 0 Å². The summed E-state index contributed by atoms with van der Waals surface area (Å²) in [5.41, 5.74) is 10.6. The van der Waals surface area contributed by atoms with Gasteiger partial charge >= 0.3 is 0 Å². The van der Waals surface area contributed by atoms with Gasteiger partial charge in [0, 0.05) is 32.7 Å². The van der Waals surface area contributed by atoms with Crippen molar-refractivity contribution in [1.82, 2.24) is 15.3 Å². The van der Waals surface area contributed by atoms with Crippen molar-refractivity contribution < 1.29 is 0 Å². The zero-order valence-electron chi connectivity index (χ0n) is 9.72. The Morgan fingerprint density at radius 1 is 1.44 bits per heavy atom. The first kappa shape index (κ1) is 12.0. The highest BCUT2D eigenvalue weighted by Crippen LogP contribution is 2.16. The first-order chi connectivity index (χ1) is 7.79. The monoisotopic (exact) mass is 240 g/mol. The lowest BCUT2D eigenvalue weighted by Crippen LogP contribution is -2.52. The molecule has 90 valence electrons. The Labute approximate surface area is 101 Å². The van der Waals surface area contributed by atoms with E-state index in [1.807, 2.05) is 0 Å². The van der Waals surface area contributed by atoms with Gasteiger partial charge in [0.05, 0.1) is 6.04 Å². The molecule has 0 amide bonds. The smallest absolute Gasteiger partial charge is 0.0595 e. The molecule has 0 saturated carbocycles. The maximum Gasteiger partial charge on any atom is 0.0595 e. The van der Waals surface area contributed by atoms with E-state index in [0.29, 0.717) is 6.54 Å². The van der Waals surface area contributed by atoms with Gasteiger partial charge in [-0.25, -0.2) is 10.4 Å². The van der Waals surface area contributed by atoms with Crippen LogP contribution >= 0.6 is 11.3 Å². The fourth-order valence-corrected chi connectivity index (χ4v) is 2.61. The van der Waals surface area contributed by atoms with Gasteiger partial charge in [0.25, 0.3) is 0 Å². The molecular weight excluding hydrogens is 220 g/mol. The van der Waals surface area contributed by atoms with Crippen molar-refractivity contribution in [2.75, 3.05) is 39.8 Å². The number of likely N-dealkylation sites (N-methyl/N-ethyl adjacent to an activating group) is 1. The SMILES string of the molecule is CN1CCN(NC(CN)c2ccsc2)CC1. The minimum Gasteiger partial charge on any atom is -0.329 e. The molecule has 3 N–H and O–H groups in total. The molecule has 1 fully saturated rings. The number of nitrogens with two attached hydrogens (primary N) is 1. The van der Waals surface area contributed by atoms with Gasteiger partial charge in [0.15, 0.2) is 0 Å². The van der Waals surface area contributed by atoms with Crippen LogP contribution in [0.1, 0.15) is 11.6 Å². The maximum absolute atomic E-state index is 5.81. The van der Waals surface area contributed by atoms with Gasteiger partial charge in [0.1, 0.15) is 0 Å². The van der Waals surface area contributed by atoms with Crippen molar-refractivity contribution in [3.8, 4) is 0 Å². The van der Waals surface area contributed by atoms with Crippen LogP contribution in [-0.2, 0) is 0 Å². The number of rotatable bonds is 4. The minimum atomic E-state index is 0.259. The summed E-state index contributed by atoms with van der Waals surface area (Å²) in [5.74, 6) is 0. The first-order valence-electron chi connectivity index (χ1n) is 5.71. The Kier molecular flexibility index (Phi) is 4.31. The molecule has 2 rings (SSSR count). The number of hydrogen-bond donors (Lipinski definition) is 2. The van der Waals surface area contributed by atoms with Crippen LogP contribution in [0.4, 0.5) is 0 Å². The molecule has 1 aromatic heterocycles. The van der Waals surface area contributed by atoms with Crippen molar-refractivity contribution in [2.45, 2.75) is 6.04 Å². The van der Waals surface area contributed by atoms with E-state index in [1.54, 1.807) is 11.3 Å². The highest BCUT2D eigenvalue weighted by Gasteiger charge is 2.17. The summed E-state index contributed by atoms with van der Waals surface area (Å²) in [5, 5.41) is 6.56. The van der Waals surface area contributed by atoms with Crippen molar-refractivity contribution in [2.24, 2.45) is 5.73 Å². The summed E-state index contributed by atoms with van der Waals surface area (Å²) < 4.78 is 0. The molecule has 2 heterocycles. The standard InChI is InChI=1S/C11H20N4S/c1-14-3-5-15(6-4-14)13-11(8-12)10-2-7-16-9-10/h2,7,9,11,13H,3-6,8,12H2,1H3. The molecule has 0 aromatic carbocycles. The number of thiophene rings is 1. The third-order valence-electron chi connectivity index (χ3n) is 3.02. The molecule has 0 radical (unpaired) electrons. The Balaban J connectivity index is 1.87. The van der Waals surface area contributed by atoms with E-state index in [1.165, 1.54) is 5.56 Å². The van der Waals surface area contributed by atoms with E-state index in [2.05, 4.69) is 39.2 Å². The molecule has 4 nitrogen and oxygen atoms in total. The fourth-order valence-electron chi connectivity index (χ4n) is 1.89. The highest BCUT2D eigenvalue weighted by atomic mass is 32.1. The zero-order chi connectivity index (χ0) is 11.4. The molecule has 0 spiro atoms. The van der Waals surface area contributed by atoms with Crippen LogP contribution in [0.3, 0.4) is 0 Å². The first-order valence-corrected chi connectivity index (χ1v) is 6.65. The van der Waals surface area contributed by atoms with E-state index in [4.69, 9.17) is 5.73 Å². The number of hydrogen-bond acceptors (Lipinski definition) is 5. The Hall–Kier alpha value is -0.460. The second kappa shape index (κ2) is 5.75. The average molecular weight is 240 g/mol. The third kappa shape index (κ3) is 3.02. The predicted octanol–water partition coefficient (Wildman–Crippen LogP) is 0.500. The number of nitrogens with one attached hydrogen (secondary N) is 1. The van der Waals surface area contributed by atoms with Gasteiger partial charge in [0.2, 0.25) is 0 Å². The summed E-state index contributed by atoms with van der Waals surface area (Å²) in [7, 11) is 2.16. The summed E-state index contributed by atoms with van der Waals surface area (Å²) in [4.78, 5) is 2.35. The number of nitrogens with zero attached hydrogens (tertiary/aromatic N) is 2. The molecule has 0 aliphatic carbocycles. The largest absolute Gasteiger partial charge is 0.329 e. The second-order valence-corrected chi connectivity index (χ2v) is 5.04. The Bertz CT molecular complexity index is 293. The minimum absolute atomic E-state index is 0.259. The summed E-state index contributed by atoms with van der Waals surface area (Å²) in [6.45, 7) is 5.01. The lowest BCUT2D eigenvalue weighted by molar-refractivity contribution is 0.0881. The molecule has 1 aliphatic heterocycles. The van der Waals surface area contributed by atoms with Crippen molar-refractivity contribution in [1.29, 1.82) is 0 Å². The van der Waals surface area contributed by atoms with Gasteiger partial charge in [-0.05, 0) is 29.4 Å². The summed E-state index contributed by atoms with van der Waals surface area (Å²) in [6, 6.07) is 2.40. The van der Waals surface area contributed by atoms with Gasteiger partial charge in [-0.1, -0.05) is 0 Å². The van der Waals surface area contributed by atoms with Crippen LogP contribution in [0.2, 0.25) is 0 Å². The molecule has 1 aliphatic rings. The van der Waals surface area contributed by atoms with E-state index in [0.717, 1.165) is 26.2 Å². The molecule has 0 bridgehead atoms. The third-order valence-corrected chi connectivity index (χ3v) is 3.72. The highest BCUT2D eigenvalue weighted by molar-refractivity contribution is 7.07. The summed E-state index contributed by atoms with van der Waals surface area (Å²) in [6.07, 6.45) is 0. The molecule has 1 atom stereocenters. The summed E-state index contributed by atoms with van der Waals surface area (Å²) >= 11 is 1.72. The van der Waals surface area contributed by atoms with E-state index < -0.39 is 0 Å². The quantitative estimate of drug-likeness (QED) is 0.804. The molecule has 5 heteroatoms. The van der Waals surface area contributed by atoms with E-state index in [-0.39, 0.29) is 6.04 Å². The van der Waals surface area contributed by atoms with Crippen LogP contribution in [-0.4, -0.2) is 49.7 Å². The van der Waals surface area contributed by atoms with Crippen LogP contribution in [0.5, 0.6) is 0 Å². The van der Waals surface area contributed by atoms with Gasteiger partial charge in [-0.15, -0.1) is 0 Å². The lowest BCUT2D eigenvalue weighted by Gasteiger charge is -2.35. The Morgan fingerprint density at radius 2 is 2.19 bits per heavy atom. The van der Waals surface area contributed by atoms with Gasteiger partial charge in [-0.3, -0.25) is 0 Å². The molecule has 1 saturated heterocycles. The van der Waals surface area contributed by atoms with Crippen LogP contribution in [0, 0.1) is 0 Å². The number of hydrazine groups is 1. The predicted molar refractivity (Wildman–Crippen MR) is 68.3 cm³/mol. The van der Waals surface area contributed by atoms with Gasteiger partial charge in [-0.2, -0.15) is 11.3 Å². The second-order valence-electron chi connectivity index (χ2n) is 4.26. The molecule has 1 aromatic rings. The molecule has 16 heavy (non-hydrogen) atoms. The van der Waals surface area contributed by atoms with Crippen LogP contribution in [0.15, 0.2) is 16.8 Å². The molecule has 1 unspecified atom stereocenters. The van der Waals surface area contributed by atoms with Crippen molar-refractivity contribution in [3.63, 3.8) is 0 Å². The van der Waals surface area contributed by atoms with Gasteiger partial charge < -0.3 is 10.6 Å².